The van der Waals surface area contributed by atoms with E-state index in [1.54, 1.807) is 44.6 Å². The maximum Gasteiger partial charge on any atom is 0.244 e. The van der Waals surface area contributed by atoms with Crippen LogP contribution in [0.25, 0.3) is 0 Å². The van der Waals surface area contributed by atoms with Crippen LogP contribution in [0.1, 0.15) is 62.2 Å². The van der Waals surface area contributed by atoms with Crippen molar-refractivity contribution in [3.8, 4) is 23.0 Å². The molecule has 10 heteroatoms. The summed E-state index contributed by atoms with van der Waals surface area (Å²) in [6.07, 6.45) is 6.14. The van der Waals surface area contributed by atoms with Gasteiger partial charge in [-0.25, -0.2) is 13.9 Å². The van der Waals surface area contributed by atoms with Crippen LogP contribution in [-0.2, 0) is 19.5 Å². The average molecular weight is 598 g/mol. The summed E-state index contributed by atoms with van der Waals surface area (Å²) >= 11 is 0. The molecule has 0 heterocycles. The van der Waals surface area contributed by atoms with Crippen molar-refractivity contribution < 1.29 is 37.0 Å². The van der Waals surface area contributed by atoms with Crippen LogP contribution in [0.5, 0.6) is 23.0 Å². The van der Waals surface area contributed by atoms with Crippen LogP contribution in [0.3, 0.4) is 0 Å². The van der Waals surface area contributed by atoms with Crippen LogP contribution >= 0.6 is 0 Å². The second-order valence-electron chi connectivity index (χ2n) is 10.2. The van der Waals surface area contributed by atoms with E-state index in [2.05, 4.69) is 5.48 Å². The fourth-order valence-corrected chi connectivity index (χ4v) is 6.16. The maximum absolute atomic E-state index is 12.8. The fourth-order valence-electron chi connectivity index (χ4n) is 4.92. The highest BCUT2D eigenvalue weighted by molar-refractivity contribution is 7.91. The minimum atomic E-state index is -3.68. The molecule has 1 amide bonds. The van der Waals surface area contributed by atoms with Crippen LogP contribution in [0.15, 0.2) is 71.6 Å². The van der Waals surface area contributed by atoms with Crippen LogP contribution in [-0.4, -0.2) is 47.5 Å². The van der Waals surface area contributed by atoms with Gasteiger partial charge < -0.3 is 18.9 Å². The molecule has 1 atom stereocenters. The monoisotopic (exact) mass is 597 g/mol. The minimum Gasteiger partial charge on any atom is -0.497 e. The van der Waals surface area contributed by atoms with E-state index in [1.807, 2.05) is 24.3 Å². The molecule has 1 unspecified atom stereocenters. The highest BCUT2D eigenvalue weighted by atomic mass is 32.2. The van der Waals surface area contributed by atoms with Gasteiger partial charge in [0.25, 0.3) is 0 Å². The number of carbonyl (C=O) groups is 1. The molecule has 226 valence electrons. The van der Waals surface area contributed by atoms with Crippen LogP contribution in [0.2, 0.25) is 0 Å². The van der Waals surface area contributed by atoms with Gasteiger partial charge in [0.2, 0.25) is 5.91 Å². The van der Waals surface area contributed by atoms with E-state index in [1.165, 1.54) is 44.9 Å². The van der Waals surface area contributed by atoms with E-state index >= 15 is 0 Å². The number of hydroxylamine groups is 1. The predicted octanol–water partition coefficient (Wildman–Crippen LogP) is 5.82. The zero-order chi connectivity index (χ0) is 30.0. The van der Waals surface area contributed by atoms with Gasteiger partial charge >= 0.3 is 0 Å². The maximum atomic E-state index is 12.8. The lowest BCUT2D eigenvalue weighted by Gasteiger charge is -2.22. The van der Waals surface area contributed by atoms with Gasteiger partial charge in [-0.2, -0.15) is 0 Å². The Morgan fingerprint density at radius 2 is 1.43 bits per heavy atom. The summed E-state index contributed by atoms with van der Waals surface area (Å²) in [5, 5.41) is 0. The molecule has 0 aliphatic heterocycles. The third-order valence-corrected chi connectivity index (χ3v) is 9.05. The number of benzene rings is 3. The number of hydrogen-bond acceptors (Lipinski definition) is 8. The molecule has 4 rings (SSSR count). The zero-order valence-electron chi connectivity index (χ0n) is 24.3. The van der Waals surface area contributed by atoms with Crippen molar-refractivity contribution in [1.82, 2.24) is 5.48 Å². The Kier molecular flexibility index (Phi) is 11.1. The SMILES string of the molecule is COc1ccc(S(=O)(=O)CCC(=O)NOC(c2ccc(OC3CCCCCC3)cc2)c2ccc(OC)cc2OC)cc1. The van der Waals surface area contributed by atoms with E-state index in [-0.39, 0.29) is 23.2 Å². The molecule has 0 radical (unpaired) electrons. The molecule has 0 bridgehead atoms. The fraction of sp³-hybridized carbons (Fsp3) is 0.406. The Balaban J connectivity index is 1.47. The number of rotatable bonds is 13. The lowest BCUT2D eigenvalue weighted by Crippen LogP contribution is -2.28. The molecule has 0 aromatic heterocycles. The van der Waals surface area contributed by atoms with E-state index in [9.17, 15) is 13.2 Å². The van der Waals surface area contributed by atoms with E-state index in [0.29, 0.717) is 22.8 Å². The van der Waals surface area contributed by atoms with Gasteiger partial charge in [0.15, 0.2) is 9.84 Å². The molecule has 9 nitrogen and oxygen atoms in total. The third kappa shape index (κ3) is 8.39. The zero-order valence-corrected chi connectivity index (χ0v) is 25.2. The Morgan fingerprint density at radius 3 is 2.05 bits per heavy atom. The average Bonchev–Trinajstić information content (AvgIpc) is 3.29. The summed E-state index contributed by atoms with van der Waals surface area (Å²) in [6, 6.07) is 18.9. The molecule has 1 saturated carbocycles. The van der Waals surface area contributed by atoms with Gasteiger partial charge in [-0.1, -0.05) is 25.0 Å². The second kappa shape index (κ2) is 14.9. The molecule has 1 aliphatic carbocycles. The van der Waals surface area contributed by atoms with Crippen molar-refractivity contribution in [3.05, 3.63) is 77.9 Å². The molecule has 0 spiro atoms. The molecule has 1 aliphatic rings. The largest absolute Gasteiger partial charge is 0.497 e. The smallest absolute Gasteiger partial charge is 0.244 e. The summed E-state index contributed by atoms with van der Waals surface area (Å²) in [5.41, 5.74) is 3.85. The number of hydrogen-bond donors (Lipinski definition) is 1. The summed E-state index contributed by atoms with van der Waals surface area (Å²) in [7, 11) is 0.931. The summed E-state index contributed by atoms with van der Waals surface area (Å²) in [5.74, 6) is 1.49. The first kappa shape index (κ1) is 31.2. The predicted molar refractivity (Wildman–Crippen MR) is 159 cm³/mol. The summed E-state index contributed by atoms with van der Waals surface area (Å²) in [6.45, 7) is 0. The molecule has 3 aromatic carbocycles. The molecule has 1 N–H and O–H groups in total. The van der Waals surface area contributed by atoms with Crippen molar-refractivity contribution in [2.45, 2.75) is 62.0 Å². The van der Waals surface area contributed by atoms with Crippen LogP contribution in [0, 0.1) is 0 Å². The Labute approximate surface area is 248 Å². The molecule has 3 aromatic rings. The van der Waals surface area contributed by atoms with Gasteiger partial charge in [-0.05, 0) is 79.8 Å². The standard InChI is InChI=1S/C32H39NO8S/c1-37-24-14-17-28(18-15-24)42(35,36)21-20-31(34)33-41-32(29-19-16-27(38-2)22-30(29)39-3)23-10-12-26(13-11-23)40-25-8-6-4-5-7-9-25/h10-19,22,25,32H,4-9,20-21H2,1-3H3,(H,33,34). The number of ether oxygens (including phenoxy) is 4. The molecular formula is C32H39NO8S. The van der Waals surface area contributed by atoms with Crippen molar-refractivity contribution in [2.75, 3.05) is 27.1 Å². The Morgan fingerprint density at radius 1 is 0.810 bits per heavy atom. The number of carbonyl (C=O) groups excluding carboxylic acids is 1. The van der Waals surface area contributed by atoms with Gasteiger partial charge in [0.05, 0.1) is 38.1 Å². The Bertz CT molecular complexity index is 1400. The number of amides is 1. The second-order valence-corrected chi connectivity index (χ2v) is 12.3. The number of sulfone groups is 1. The Hall–Kier alpha value is -3.76. The number of nitrogens with one attached hydrogen (secondary N) is 1. The van der Waals surface area contributed by atoms with Gasteiger partial charge in [-0.15, -0.1) is 0 Å². The van der Waals surface area contributed by atoms with Gasteiger partial charge in [0, 0.05) is 18.1 Å². The molecule has 0 saturated heterocycles. The van der Waals surface area contributed by atoms with Crippen molar-refractivity contribution in [1.29, 1.82) is 0 Å². The normalized spacial score (nSPS) is 14.8. The highest BCUT2D eigenvalue weighted by Gasteiger charge is 2.23. The topological polar surface area (TPSA) is 109 Å². The lowest BCUT2D eigenvalue weighted by molar-refractivity contribution is -0.136. The van der Waals surface area contributed by atoms with E-state index < -0.39 is 21.8 Å². The quantitative estimate of drug-likeness (QED) is 0.194. The van der Waals surface area contributed by atoms with Crippen molar-refractivity contribution in [3.63, 3.8) is 0 Å². The molecular weight excluding hydrogens is 558 g/mol. The minimum absolute atomic E-state index is 0.115. The van der Waals surface area contributed by atoms with Crippen molar-refractivity contribution >= 4 is 15.7 Å². The third-order valence-electron chi connectivity index (χ3n) is 7.32. The number of methoxy groups -OCH3 is 3. The van der Waals surface area contributed by atoms with Gasteiger partial charge in [-0.3, -0.25) is 9.63 Å². The molecule has 1 fully saturated rings. The van der Waals surface area contributed by atoms with Crippen molar-refractivity contribution in [2.24, 2.45) is 0 Å². The van der Waals surface area contributed by atoms with Crippen LogP contribution in [0.4, 0.5) is 0 Å². The lowest BCUT2D eigenvalue weighted by atomic mass is 10.00. The van der Waals surface area contributed by atoms with E-state index in [4.69, 9.17) is 23.8 Å². The summed E-state index contributed by atoms with van der Waals surface area (Å²) < 4.78 is 47.8. The summed E-state index contributed by atoms with van der Waals surface area (Å²) in [4.78, 5) is 18.8. The highest BCUT2D eigenvalue weighted by Crippen LogP contribution is 2.36. The van der Waals surface area contributed by atoms with E-state index in [0.717, 1.165) is 24.2 Å². The first-order chi connectivity index (χ1) is 20.3. The first-order valence-electron chi connectivity index (χ1n) is 14.1. The van der Waals surface area contributed by atoms with Gasteiger partial charge in [0.1, 0.15) is 29.1 Å². The molecule has 42 heavy (non-hydrogen) atoms. The first-order valence-corrected chi connectivity index (χ1v) is 15.8. The van der Waals surface area contributed by atoms with Crippen LogP contribution < -0.4 is 24.4 Å².